The Morgan fingerprint density at radius 3 is 2.04 bits per heavy atom. The van der Waals surface area contributed by atoms with Gasteiger partial charge in [0.05, 0.1) is 0 Å². The van der Waals surface area contributed by atoms with E-state index in [4.69, 9.17) is 0 Å². The molecule has 0 saturated heterocycles. The van der Waals surface area contributed by atoms with E-state index in [9.17, 15) is 9.59 Å². The van der Waals surface area contributed by atoms with Crippen LogP contribution < -0.4 is 15.1 Å². The monoisotopic (exact) mass is 381 g/mol. The van der Waals surface area contributed by atoms with Gasteiger partial charge < -0.3 is 15.1 Å². The standard InChI is InChI=1S/C23H31N3O2/c1-6-25(7-2)21-12-9-20(10-13-21)24-23(28)14-15-26(19(5)27)22-11-8-17(3)18(4)16-22/h8-13,16H,6-7,14-15H2,1-5H3,(H,24,28). The largest absolute Gasteiger partial charge is 0.372 e. The van der Waals surface area contributed by atoms with Gasteiger partial charge in [0.1, 0.15) is 0 Å². The minimum atomic E-state index is -0.106. The topological polar surface area (TPSA) is 52.7 Å². The zero-order chi connectivity index (χ0) is 20.7. The highest BCUT2D eigenvalue weighted by Gasteiger charge is 2.14. The van der Waals surface area contributed by atoms with Gasteiger partial charge in [0.15, 0.2) is 0 Å². The molecule has 1 N–H and O–H groups in total. The highest BCUT2D eigenvalue weighted by Crippen LogP contribution is 2.20. The van der Waals surface area contributed by atoms with Gasteiger partial charge in [-0.1, -0.05) is 6.07 Å². The number of carbonyl (C=O) groups excluding carboxylic acids is 2. The van der Waals surface area contributed by atoms with Crippen LogP contribution in [0.4, 0.5) is 17.1 Å². The van der Waals surface area contributed by atoms with E-state index in [0.29, 0.717) is 6.54 Å². The second-order valence-corrected chi connectivity index (χ2v) is 6.96. The van der Waals surface area contributed by atoms with Gasteiger partial charge in [0.25, 0.3) is 0 Å². The van der Waals surface area contributed by atoms with E-state index >= 15 is 0 Å². The molecule has 0 aliphatic heterocycles. The Kier molecular flexibility index (Phi) is 7.61. The number of anilines is 3. The van der Waals surface area contributed by atoms with Crippen molar-refractivity contribution in [3.05, 3.63) is 53.6 Å². The number of nitrogens with zero attached hydrogens (tertiary/aromatic N) is 2. The number of carbonyl (C=O) groups is 2. The predicted octanol–water partition coefficient (Wildman–Crippen LogP) is 4.53. The highest BCUT2D eigenvalue weighted by atomic mass is 16.2. The number of rotatable bonds is 8. The maximum Gasteiger partial charge on any atom is 0.226 e. The summed E-state index contributed by atoms with van der Waals surface area (Å²) in [7, 11) is 0. The second-order valence-electron chi connectivity index (χ2n) is 6.96. The van der Waals surface area contributed by atoms with E-state index < -0.39 is 0 Å². The summed E-state index contributed by atoms with van der Waals surface area (Å²) in [5.74, 6) is -0.176. The van der Waals surface area contributed by atoms with E-state index in [1.54, 1.807) is 4.90 Å². The number of hydrogen-bond donors (Lipinski definition) is 1. The SMILES string of the molecule is CCN(CC)c1ccc(NC(=O)CCN(C(C)=O)c2ccc(C)c(C)c2)cc1. The van der Waals surface area contributed by atoms with Gasteiger partial charge in [-0.25, -0.2) is 0 Å². The first kappa shape index (κ1) is 21.5. The van der Waals surface area contributed by atoms with Crippen LogP contribution in [0, 0.1) is 13.8 Å². The average molecular weight is 382 g/mol. The first-order chi connectivity index (χ1) is 13.3. The lowest BCUT2D eigenvalue weighted by Crippen LogP contribution is -2.32. The molecule has 5 heteroatoms. The molecule has 2 aromatic rings. The van der Waals surface area contributed by atoms with Crippen LogP contribution in [0.25, 0.3) is 0 Å². The fraction of sp³-hybridized carbons (Fsp3) is 0.391. The third kappa shape index (κ3) is 5.59. The van der Waals surface area contributed by atoms with E-state index in [1.807, 2.05) is 56.3 Å². The quantitative estimate of drug-likeness (QED) is 0.731. The summed E-state index contributed by atoms with van der Waals surface area (Å²) >= 11 is 0. The minimum Gasteiger partial charge on any atom is -0.372 e. The van der Waals surface area contributed by atoms with Crippen LogP contribution in [0.2, 0.25) is 0 Å². The molecule has 2 rings (SSSR count). The lowest BCUT2D eigenvalue weighted by molar-refractivity contribution is -0.117. The van der Waals surface area contributed by atoms with E-state index in [2.05, 4.69) is 24.1 Å². The molecule has 5 nitrogen and oxygen atoms in total. The summed E-state index contributed by atoms with van der Waals surface area (Å²) < 4.78 is 0. The normalized spacial score (nSPS) is 10.5. The fourth-order valence-electron chi connectivity index (χ4n) is 3.14. The molecule has 0 radical (unpaired) electrons. The second kappa shape index (κ2) is 9.93. The lowest BCUT2D eigenvalue weighted by atomic mass is 10.1. The molecular formula is C23H31N3O2. The summed E-state index contributed by atoms with van der Waals surface area (Å²) in [5, 5.41) is 2.91. The van der Waals surface area contributed by atoms with Crippen molar-refractivity contribution in [2.24, 2.45) is 0 Å². The van der Waals surface area contributed by atoms with E-state index in [0.717, 1.165) is 35.7 Å². The molecule has 0 fully saturated rings. The van der Waals surface area contributed by atoms with Crippen LogP contribution in [0.5, 0.6) is 0 Å². The lowest BCUT2D eigenvalue weighted by Gasteiger charge is -2.22. The maximum absolute atomic E-state index is 12.4. The molecular weight excluding hydrogens is 350 g/mol. The van der Waals surface area contributed by atoms with Crippen LogP contribution in [0.3, 0.4) is 0 Å². The molecule has 0 spiro atoms. The third-order valence-corrected chi connectivity index (χ3v) is 5.02. The summed E-state index contributed by atoms with van der Waals surface area (Å²) in [6, 6.07) is 13.8. The Bertz CT molecular complexity index is 811. The summed E-state index contributed by atoms with van der Waals surface area (Å²) in [6.07, 6.45) is 0.240. The van der Waals surface area contributed by atoms with Gasteiger partial charge in [-0.3, -0.25) is 9.59 Å². The highest BCUT2D eigenvalue weighted by molar-refractivity contribution is 5.95. The van der Waals surface area contributed by atoms with E-state index in [1.165, 1.54) is 12.5 Å². The fourth-order valence-corrected chi connectivity index (χ4v) is 3.14. The van der Waals surface area contributed by atoms with Crippen LogP contribution in [0.1, 0.15) is 38.3 Å². The first-order valence-corrected chi connectivity index (χ1v) is 9.85. The molecule has 2 amide bonds. The Hall–Kier alpha value is -2.82. The van der Waals surface area contributed by atoms with Crippen molar-refractivity contribution in [1.82, 2.24) is 0 Å². The number of nitrogens with one attached hydrogen (secondary N) is 1. The molecule has 150 valence electrons. The van der Waals surface area contributed by atoms with Gasteiger partial charge in [0.2, 0.25) is 11.8 Å². The zero-order valence-electron chi connectivity index (χ0n) is 17.6. The molecule has 2 aromatic carbocycles. The Labute approximate surface area is 168 Å². The summed E-state index contributed by atoms with van der Waals surface area (Å²) in [6.45, 7) is 12.1. The van der Waals surface area contributed by atoms with Crippen molar-refractivity contribution in [3.63, 3.8) is 0 Å². The zero-order valence-corrected chi connectivity index (χ0v) is 17.6. The van der Waals surface area contributed by atoms with Gasteiger partial charge in [0, 0.05) is 50.0 Å². The number of benzene rings is 2. The molecule has 0 aromatic heterocycles. The van der Waals surface area contributed by atoms with Crippen molar-refractivity contribution in [3.8, 4) is 0 Å². The molecule has 0 bridgehead atoms. The number of hydrogen-bond acceptors (Lipinski definition) is 3. The first-order valence-electron chi connectivity index (χ1n) is 9.85. The van der Waals surface area contributed by atoms with Gasteiger partial charge >= 0.3 is 0 Å². The van der Waals surface area contributed by atoms with Crippen molar-refractivity contribution in [1.29, 1.82) is 0 Å². The van der Waals surface area contributed by atoms with Crippen LogP contribution >= 0.6 is 0 Å². The maximum atomic E-state index is 12.4. The minimum absolute atomic E-state index is 0.0698. The average Bonchev–Trinajstić information content (AvgIpc) is 2.66. The Morgan fingerprint density at radius 2 is 1.50 bits per heavy atom. The Morgan fingerprint density at radius 1 is 0.893 bits per heavy atom. The predicted molar refractivity (Wildman–Crippen MR) is 117 cm³/mol. The van der Waals surface area contributed by atoms with Gasteiger partial charge in [-0.05, 0) is 75.2 Å². The molecule has 28 heavy (non-hydrogen) atoms. The molecule has 0 aliphatic rings. The van der Waals surface area contributed by atoms with Crippen molar-refractivity contribution in [2.75, 3.05) is 34.8 Å². The van der Waals surface area contributed by atoms with Crippen LogP contribution in [0.15, 0.2) is 42.5 Å². The number of amides is 2. The molecule has 0 saturated carbocycles. The van der Waals surface area contributed by atoms with Crippen molar-refractivity contribution < 1.29 is 9.59 Å². The Balaban J connectivity index is 1.97. The van der Waals surface area contributed by atoms with Crippen molar-refractivity contribution in [2.45, 2.75) is 41.0 Å². The third-order valence-electron chi connectivity index (χ3n) is 5.02. The summed E-state index contributed by atoms with van der Waals surface area (Å²) in [5.41, 5.74) is 5.04. The smallest absolute Gasteiger partial charge is 0.226 e. The molecule has 0 heterocycles. The van der Waals surface area contributed by atoms with E-state index in [-0.39, 0.29) is 18.2 Å². The van der Waals surface area contributed by atoms with Gasteiger partial charge in [-0.2, -0.15) is 0 Å². The molecule has 0 aliphatic carbocycles. The number of aryl methyl sites for hydroxylation is 2. The van der Waals surface area contributed by atoms with Crippen LogP contribution in [-0.4, -0.2) is 31.4 Å². The van der Waals surface area contributed by atoms with Crippen LogP contribution in [-0.2, 0) is 9.59 Å². The van der Waals surface area contributed by atoms with Gasteiger partial charge in [-0.15, -0.1) is 0 Å². The molecule has 0 atom stereocenters. The van der Waals surface area contributed by atoms with Crippen molar-refractivity contribution >= 4 is 28.9 Å². The summed E-state index contributed by atoms with van der Waals surface area (Å²) in [4.78, 5) is 28.3. The molecule has 0 unspecified atom stereocenters.